The van der Waals surface area contributed by atoms with Crippen LogP contribution in [-0.2, 0) is 0 Å². The predicted molar refractivity (Wildman–Crippen MR) is 43.0 cm³/mol. The van der Waals surface area contributed by atoms with Crippen LogP contribution in [0.15, 0.2) is 0 Å². The first-order chi connectivity index (χ1) is 4.86. The number of hydrogen-bond acceptors (Lipinski definition) is 1. The van der Waals surface area contributed by atoms with Gasteiger partial charge >= 0.3 is 0 Å². The van der Waals surface area contributed by atoms with Gasteiger partial charge in [-0.05, 0) is 31.7 Å². The summed E-state index contributed by atoms with van der Waals surface area (Å²) in [4.78, 5) is 2.70. The minimum Gasteiger partial charge on any atom is -0.297 e. The Hall–Kier alpha value is -0.0400. The fraction of sp³-hybridized carbons (Fsp3) is 1.00. The number of hydrogen-bond donors (Lipinski definition) is 0. The first-order valence-corrected chi connectivity index (χ1v) is 4.62. The van der Waals surface area contributed by atoms with Crippen LogP contribution in [-0.4, -0.2) is 23.5 Å². The summed E-state index contributed by atoms with van der Waals surface area (Å²) in [6.07, 6.45) is 4.36. The normalized spacial score (nSPS) is 45.6. The van der Waals surface area contributed by atoms with E-state index < -0.39 is 0 Å². The molecule has 3 atom stereocenters. The molecule has 1 aliphatic heterocycles. The molecular formula is C9H17N. The van der Waals surface area contributed by atoms with Crippen LogP contribution in [0.5, 0.6) is 0 Å². The largest absolute Gasteiger partial charge is 0.297 e. The number of likely N-dealkylation sites (tertiary alicyclic amines) is 1. The summed E-state index contributed by atoms with van der Waals surface area (Å²) in [6, 6.07) is 1.95. The molecule has 0 radical (unpaired) electrons. The SMILES string of the molecule is CCC1CC2CC2N1CC. The van der Waals surface area contributed by atoms with E-state index in [1.54, 1.807) is 0 Å². The Morgan fingerprint density at radius 3 is 2.60 bits per heavy atom. The average molecular weight is 139 g/mol. The molecule has 10 heavy (non-hydrogen) atoms. The van der Waals surface area contributed by atoms with Crippen molar-refractivity contribution in [2.75, 3.05) is 6.54 Å². The summed E-state index contributed by atoms with van der Waals surface area (Å²) < 4.78 is 0. The first-order valence-electron chi connectivity index (χ1n) is 4.62. The minimum absolute atomic E-state index is 0.939. The van der Waals surface area contributed by atoms with Gasteiger partial charge in [-0.3, -0.25) is 4.90 Å². The van der Waals surface area contributed by atoms with Gasteiger partial charge in [0.1, 0.15) is 0 Å². The van der Waals surface area contributed by atoms with E-state index in [0.717, 1.165) is 18.0 Å². The standard InChI is InChI=1S/C9H17N/c1-3-8-5-7-6-9(7)10(8)4-2/h7-9H,3-6H2,1-2H3. The van der Waals surface area contributed by atoms with Gasteiger partial charge in [0.05, 0.1) is 0 Å². The third kappa shape index (κ3) is 0.800. The number of piperidine rings is 1. The second-order valence-electron chi connectivity index (χ2n) is 3.69. The lowest BCUT2D eigenvalue weighted by Gasteiger charge is -2.24. The van der Waals surface area contributed by atoms with Crippen molar-refractivity contribution >= 4 is 0 Å². The Labute approximate surface area is 63.4 Å². The van der Waals surface area contributed by atoms with Gasteiger partial charge < -0.3 is 0 Å². The zero-order chi connectivity index (χ0) is 7.14. The molecule has 0 N–H and O–H groups in total. The molecule has 58 valence electrons. The number of nitrogens with zero attached hydrogens (tertiary/aromatic N) is 1. The summed E-state index contributed by atoms with van der Waals surface area (Å²) in [7, 11) is 0. The molecule has 0 amide bonds. The van der Waals surface area contributed by atoms with Crippen molar-refractivity contribution in [2.45, 2.75) is 45.2 Å². The molecule has 1 aliphatic carbocycles. The molecule has 2 fully saturated rings. The summed E-state index contributed by atoms with van der Waals surface area (Å²) in [5.41, 5.74) is 0. The predicted octanol–water partition coefficient (Wildman–Crippen LogP) is 1.88. The molecule has 0 aromatic heterocycles. The van der Waals surface area contributed by atoms with Gasteiger partial charge in [-0.25, -0.2) is 0 Å². The molecule has 1 saturated heterocycles. The van der Waals surface area contributed by atoms with Gasteiger partial charge in [0.25, 0.3) is 0 Å². The molecule has 2 aliphatic rings. The molecular weight excluding hydrogens is 122 g/mol. The third-order valence-electron chi connectivity index (χ3n) is 3.19. The van der Waals surface area contributed by atoms with E-state index in [1.165, 1.54) is 25.8 Å². The van der Waals surface area contributed by atoms with Crippen LogP contribution in [0, 0.1) is 5.92 Å². The smallest absolute Gasteiger partial charge is 0.0131 e. The highest BCUT2D eigenvalue weighted by molar-refractivity contribution is 5.04. The highest BCUT2D eigenvalue weighted by atomic mass is 15.2. The van der Waals surface area contributed by atoms with E-state index in [0.29, 0.717) is 0 Å². The maximum absolute atomic E-state index is 2.70. The summed E-state index contributed by atoms with van der Waals surface area (Å²) >= 11 is 0. The molecule has 1 saturated carbocycles. The Balaban J connectivity index is 1.98. The monoisotopic (exact) mass is 139 g/mol. The Morgan fingerprint density at radius 2 is 2.10 bits per heavy atom. The molecule has 1 nitrogen and oxygen atoms in total. The van der Waals surface area contributed by atoms with Crippen LogP contribution in [0.4, 0.5) is 0 Å². The molecule has 0 aromatic carbocycles. The molecule has 1 heterocycles. The summed E-state index contributed by atoms with van der Waals surface area (Å²) in [6.45, 7) is 5.89. The molecule has 3 unspecified atom stereocenters. The average Bonchev–Trinajstić information content (AvgIpc) is 2.63. The van der Waals surface area contributed by atoms with Crippen LogP contribution in [0.1, 0.15) is 33.1 Å². The quantitative estimate of drug-likeness (QED) is 0.564. The van der Waals surface area contributed by atoms with Crippen molar-refractivity contribution in [3.05, 3.63) is 0 Å². The van der Waals surface area contributed by atoms with Gasteiger partial charge in [0, 0.05) is 12.1 Å². The van der Waals surface area contributed by atoms with Crippen molar-refractivity contribution in [1.82, 2.24) is 4.90 Å². The topological polar surface area (TPSA) is 3.24 Å². The lowest BCUT2D eigenvalue weighted by Crippen LogP contribution is -2.31. The van der Waals surface area contributed by atoms with Crippen LogP contribution < -0.4 is 0 Å². The number of fused-ring (bicyclic) bond motifs is 1. The zero-order valence-corrected chi connectivity index (χ0v) is 7.01. The summed E-state index contributed by atoms with van der Waals surface area (Å²) in [5, 5.41) is 0. The maximum atomic E-state index is 2.70. The van der Waals surface area contributed by atoms with Crippen LogP contribution >= 0.6 is 0 Å². The highest BCUT2D eigenvalue weighted by Crippen LogP contribution is 2.48. The Bertz CT molecular complexity index is 133. The van der Waals surface area contributed by atoms with Crippen LogP contribution in [0.25, 0.3) is 0 Å². The lowest BCUT2D eigenvalue weighted by molar-refractivity contribution is 0.224. The van der Waals surface area contributed by atoms with Gasteiger partial charge in [-0.1, -0.05) is 13.8 Å². The van der Waals surface area contributed by atoms with E-state index in [2.05, 4.69) is 18.7 Å². The fourth-order valence-corrected chi connectivity index (χ4v) is 2.54. The van der Waals surface area contributed by atoms with E-state index in [4.69, 9.17) is 0 Å². The Kier molecular flexibility index (Phi) is 1.48. The van der Waals surface area contributed by atoms with Crippen molar-refractivity contribution in [1.29, 1.82) is 0 Å². The maximum Gasteiger partial charge on any atom is 0.0131 e. The van der Waals surface area contributed by atoms with Crippen LogP contribution in [0.2, 0.25) is 0 Å². The van der Waals surface area contributed by atoms with Crippen molar-refractivity contribution in [3.8, 4) is 0 Å². The molecule has 0 aromatic rings. The third-order valence-corrected chi connectivity index (χ3v) is 3.19. The Morgan fingerprint density at radius 1 is 1.30 bits per heavy atom. The van der Waals surface area contributed by atoms with Crippen LogP contribution in [0.3, 0.4) is 0 Å². The molecule has 2 rings (SSSR count). The van der Waals surface area contributed by atoms with E-state index in [9.17, 15) is 0 Å². The fourth-order valence-electron chi connectivity index (χ4n) is 2.54. The van der Waals surface area contributed by atoms with Gasteiger partial charge in [0.2, 0.25) is 0 Å². The van der Waals surface area contributed by atoms with Gasteiger partial charge in [0.15, 0.2) is 0 Å². The molecule has 1 heteroatoms. The minimum atomic E-state index is 0.939. The molecule has 0 bridgehead atoms. The number of rotatable bonds is 2. The lowest BCUT2D eigenvalue weighted by atomic mass is 10.1. The van der Waals surface area contributed by atoms with Gasteiger partial charge in [-0.15, -0.1) is 0 Å². The van der Waals surface area contributed by atoms with E-state index in [1.807, 2.05) is 0 Å². The second kappa shape index (κ2) is 2.23. The van der Waals surface area contributed by atoms with Crippen molar-refractivity contribution < 1.29 is 0 Å². The van der Waals surface area contributed by atoms with E-state index >= 15 is 0 Å². The molecule has 0 spiro atoms. The second-order valence-corrected chi connectivity index (χ2v) is 3.69. The van der Waals surface area contributed by atoms with E-state index in [-0.39, 0.29) is 0 Å². The highest BCUT2D eigenvalue weighted by Gasteiger charge is 2.50. The van der Waals surface area contributed by atoms with Crippen molar-refractivity contribution in [2.24, 2.45) is 5.92 Å². The van der Waals surface area contributed by atoms with Gasteiger partial charge in [-0.2, -0.15) is 0 Å². The summed E-state index contributed by atoms with van der Waals surface area (Å²) in [5.74, 6) is 1.10. The van der Waals surface area contributed by atoms with Crippen molar-refractivity contribution in [3.63, 3.8) is 0 Å². The first kappa shape index (κ1) is 6.66. The zero-order valence-electron chi connectivity index (χ0n) is 7.01.